The van der Waals surface area contributed by atoms with Crippen molar-refractivity contribution < 1.29 is 9.26 Å². The van der Waals surface area contributed by atoms with Gasteiger partial charge in [0.1, 0.15) is 11.9 Å². The zero-order chi connectivity index (χ0) is 19.5. The molecule has 0 bridgehead atoms. The first-order valence-electron chi connectivity index (χ1n) is 9.60. The van der Waals surface area contributed by atoms with Crippen molar-refractivity contribution in [3.05, 3.63) is 46.5 Å². The standard InChI is InChI=1S/C20H24BrN5O2/c1-3-27-14(2)20-23-19(28-24-20)13-25-8-10-26(11-9-25)18-7-4-15-12-16(21)5-6-17(15)22-18/h4-7,12,14H,3,8-11,13H2,1-2H3. The molecule has 1 aromatic carbocycles. The molecule has 1 aliphatic heterocycles. The molecule has 2 aromatic heterocycles. The Morgan fingerprint density at radius 1 is 1.14 bits per heavy atom. The molecule has 4 rings (SSSR count). The third-order valence-electron chi connectivity index (χ3n) is 4.96. The van der Waals surface area contributed by atoms with Gasteiger partial charge in [-0.05, 0) is 44.2 Å². The van der Waals surface area contributed by atoms with Gasteiger partial charge in [-0.1, -0.05) is 21.1 Å². The van der Waals surface area contributed by atoms with E-state index in [1.165, 1.54) is 0 Å². The lowest BCUT2D eigenvalue weighted by Crippen LogP contribution is -2.46. The molecule has 1 atom stereocenters. The van der Waals surface area contributed by atoms with Crippen LogP contribution in [0.3, 0.4) is 0 Å². The van der Waals surface area contributed by atoms with Gasteiger partial charge in [0.25, 0.3) is 0 Å². The summed E-state index contributed by atoms with van der Waals surface area (Å²) in [7, 11) is 0. The Morgan fingerprint density at radius 2 is 1.96 bits per heavy atom. The number of aromatic nitrogens is 3. The minimum atomic E-state index is -0.140. The highest BCUT2D eigenvalue weighted by Gasteiger charge is 2.21. The molecule has 3 heterocycles. The number of benzene rings is 1. The highest BCUT2D eigenvalue weighted by Crippen LogP contribution is 2.23. The normalized spacial score (nSPS) is 16.6. The maximum absolute atomic E-state index is 5.52. The van der Waals surface area contributed by atoms with Gasteiger partial charge >= 0.3 is 0 Å². The molecule has 0 saturated carbocycles. The molecule has 3 aromatic rings. The Balaban J connectivity index is 1.35. The third kappa shape index (κ3) is 4.34. The fraction of sp³-hybridized carbons (Fsp3) is 0.450. The number of ether oxygens (including phenoxy) is 1. The second-order valence-corrected chi connectivity index (χ2v) is 7.83. The second-order valence-electron chi connectivity index (χ2n) is 6.91. The van der Waals surface area contributed by atoms with Gasteiger partial charge in [-0.15, -0.1) is 0 Å². The predicted molar refractivity (Wildman–Crippen MR) is 111 cm³/mol. The summed E-state index contributed by atoms with van der Waals surface area (Å²) in [5, 5.41) is 5.18. The highest BCUT2D eigenvalue weighted by atomic mass is 79.9. The number of fused-ring (bicyclic) bond motifs is 1. The van der Waals surface area contributed by atoms with Crippen LogP contribution in [0.2, 0.25) is 0 Å². The van der Waals surface area contributed by atoms with E-state index in [9.17, 15) is 0 Å². The molecular formula is C20H24BrN5O2. The molecule has 8 heteroatoms. The monoisotopic (exact) mass is 445 g/mol. The van der Waals surface area contributed by atoms with Crippen molar-refractivity contribution >= 4 is 32.7 Å². The lowest BCUT2D eigenvalue weighted by Gasteiger charge is -2.34. The summed E-state index contributed by atoms with van der Waals surface area (Å²) < 4.78 is 12.0. The first-order chi connectivity index (χ1) is 13.6. The molecule has 0 spiro atoms. The van der Waals surface area contributed by atoms with Crippen molar-refractivity contribution in [3.8, 4) is 0 Å². The van der Waals surface area contributed by atoms with E-state index in [1.807, 2.05) is 19.9 Å². The Kier molecular flexibility index (Phi) is 5.89. The molecule has 1 saturated heterocycles. The largest absolute Gasteiger partial charge is 0.371 e. The van der Waals surface area contributed by atoms with Crippen LogP contribution in [0.15, 0.2) is 39.3 Å². The van der Waals surface area contributed by atoms with Gasteiger partial charge in [-0.3, -0.25) is 4.90 Å². The van der Waals surface area contributed by atoms with Gasteiger partial charge in [-0.2, -0.15) is 4.98 Å². The van der Waals surface area contributed by atoms with E-state index in [-0.39, 0.29) is 6.10 Å². The van der Waals surface area contributed by atoms with E-state index in [0.717, 1.165) is 47.4 Å². The molecule has 0 N–H and O–H groups in total. The summed E-state index contributed by atoms with van der Waals surface area (Å²) in [4.78, 5) is 13.9. The number of hydrogen-bond acceptors (Lipinski definition) is 7. The lowest BCUT2D eigenvalue weighted by atomic mass is 10.2. The molecule has 7 nitrogen and oxygen atoms in total. The number of piperazine rings is 1. The van der Waals surface area contributed by atoms with Crippen molar-refractivity contribution in [1.29, 1.82) is 0 Å². The number of nitrogens with zero attached hydrogens (tertiary/aromatic N) is 5. The van der Waals surface area contributed by atoms with E-state index < -0.39 is 0 Å². The Labute approximate surface area is 172 Å². The number of anilines is 1. The molecule has 28 heavy (non-hydrogen) atoms. The van der Waals surface area contributed by atoms with Crippen molar-refractivity contribution in [3.63, 3.8) is 0 Å². The van der Waals surface area contributed by atoms with Gasteiger partial charge in [0.15, 0.2) is 5.82 Å². The number of hydrogen-bond donors (Lipinski definition) is 0. The van der Waals surface area contributed by atoms with E-state index in [2.05, 4.69) is 60.1 Å². The molecule has 0 radical (unpaired) electrons. The molecule has 1 fully saturated rings. The zero-order valence-corrected chi connectivity index (χ0v) is 17.7. The van der Waals surface area contributed by atoms with E-state index >= 15 is 0 Å². The molecule has 0 amide bonds. The Hall–Kier alpha value is -2.03. The zero-order valence-electron chi connectivity index (χ0n) is 16.1. The van der Waals surface area contributed by atoms with Crippen LogP contribution >= 0.6 is 15.9 Å². The predicted octanol–water partition coefficient (Wildman–Crippen LogP) is 3.80. The van der Waals surface area contributed by atoms with Crippen LogP contribution in [0.4, 0.5) is 5.82 Å². The topological polar surface area (TPSA) is 67.5 Å². The molecule has 1 aliphatic rings. The van der Waals surface area contributed by atoms with Crippen LogP contribution in [-0.4, -0.2) is 52.8 Å². The first kappa shape index (κ1) is 19.3. The van der Waals surface area contributed by atoms with E-state index in [1.54, 1.807) is 0 Å². The average Bonchev–Trinajstić information content (AvgIpc) is 3.17. The van der Waals surface area contributed by atoms with Gasteiger partial charge in [0.2, 0.25) is 5.89 Å². The third-order valence-corrected chi connectivity index (χ3v) is 5.45. The molecular weight excluding hydrogens is 422 g/mol. The van der Waals surface area contributed by atoms with Gasteiger partial charge in [-0.25, -0.2) is 4.98 Å². The van der Waals surface area contributed by atoms with Gasteiger partial charge < -0.3 is 14.2 Å². The number of halogens is 1. The summed E-state index contributed by atoms with van der Waals surface area (Å²) in [6, 6.07) is 10.4. The van der Waals surface area contributed by atoms with Crippen LogP contribution in [0.1, 0.15) is 31.7 Å². The van der Waals surface area contributed by atoms with E-state index in [0.29, 0.717) is 24.9 Å². The van der Waals surface area contributed by atoms with Gasteiger partial charge in [0, 0.05) is 42.6 Å². The van der Waals surface area contributed by atoms with Crippen LogP contribution < -0.4 is 4.90 Å². The smallest absolute Gasteiger partial charge is 0.240 e. The van der Waals surface area contributed by atoms with Crippen LogP contribution in [-0.2, 0) is 11.3 Å². The maximum Gasteiger partial charge on any atom is 0.240 e. The van der Waals surface area contributed by atoms with Crippen molar-refractivity contribution in [2.24, 2.45) is 0 Å². The highest BCUT2D eigenvalue weighted by molar-refractivity contribution is 9.10. The van der Waals surface area contributed by atoms with Crippen LogP contribution in [0.5, 0.6) is 0 Å². The Bertz CT molecular complexity index is 939. The van der Waals surface area contributed by atoms with E-state index in [4.69, 9.17) is 14.2 Å². The quantitative estimate of drug-likeness (QED) is 0.571. The average molecular weight is 446 g/mol. The fourth-order valence-electron chi connectivity index (χ4n) is 3.41. The minimum Gasteiger partial charge on any atom is -0.371 e. The summed E-state index contributed by atoms with van der Waals surface area (Å²) in [5.41, 5.74) is 1.02. The molecule has 0 aliphatic carbocycles. The maximum atomic E-state index is 5.52. The lowest BCUT2D eigenvalue weighted by molar-refractivity contribution is 0.0683. The van der Waals surface area contributed by atoms with Crippen molar-refractivity contribution in [1.82, 2.24) is 20.0 Å². The van der Waals surface area contributed by atoms with Crippen LogP contribution in [0.25, 0.3) is 10.9 Å². The fourth-order valence-corrected chi connectivity index (χ4v) is 3.79. The summed E-state index contributed by atoms with van der Waals surface area (Å²) >= 11 is 3.51. The van der Waals surface area contributed by atoms with Crippen molar-refractivity contribution in [2.45, 2.75) is 26.5 Å². The summed E-state index contributed by atoms with van der Waals surface area (Å²) in [6.45, 7) is 8.90. The Morgan fingerprint density at radius 3 is 2.75 bits per heavy atom. The summed E-state index contributed by atoms with van der Waals surface area (Å²) in [5.74, 6) is 2.28. The second kappa shape index (κ2) is 8.55. The summed E-state index contributed by atoms with van der Waals surface area (Å²) in [6.07, 6.45) is -0.140. The van der Waals surface area contributed by atoms with Crippen molar-refractivity contribution in [2.75, 3.05) is 37.7 Å². The molecule has 148 valence electrons. The minimum absolute atomic E-state index is 0.140. The number of pyridine rings is 1. The van der Waals surface area contributed by atoms with Crippen LogP contribution in [0, 0.1) is 0 Å². The number of rotatable bonds is 6. The van der Waals surface area contributed by atoms with Gasteiger partial charge in [0.05, 0.1) is 12.1 Å². The SMILES string of the molecule is CCOC(C)c1noc(CN2CCN(c3ccc4cc(Br)ccc4n3)CC2)n1. The first-order valence-corrected chi connectivity index (χ1v) is 10.4. The molecule has 1 unspecified atom stereocenters.